The van der Waals surface area contributed by atoms with Crippen LogP contribution in [0.25, 0.3) is 17.0 Å². The van der Waals surface area contributed by atoms with E-state index in [1.54, 1.807) is 42.7 Å². The normalized spacial score (nSPS) is 14.6. The molecule has 4 rings (SSSR count). The molecule has 0 radical (unpaired) electrons. The predicted octanol–water partition coefficient (Wildman–Crippen LogP) is 3.34. The Bertz CT molecular complexity index is 1260. The number of nitrogens with one attached hydrogen (secondary N) is 1. The van der Waals surface area contributed by atoms with Crippen molar-refractivity contribution in [2.24, 2.45) is 0 Å². The number of carbonyl (C=O) groups is 3. The zero-order valence-electron chi connectivity index (χ0n) is 15.0. The second-order valence-electron chi connectivity index (χ2n) is 5.89. The number of pyridine rings is 1. The smallest absolute Gasteiger partial charge is 0.339 e. The zero-order valence-corrected chi connectivity index (χ0v) is 15.8. The van der Waals surface area contributed by atoms with Crippen molar-refractivity contribution in [1.82, 2.24) is 10.3 Å². The highest BCUT2D eigenvalue weighted by molar-refractivity contribution is 8.18. The van der Waals surface area contributed by atoms with Gasteiger partial charge in [0.1, 0.15) is 5.76 Å². The molecular weight excluding hydrogens is 392 g/mol. The number of fused-ring (bicyclic) bond motifs is 1. The van der Waals surface area contributed by atoms with Gasteiger partial charge in [-0.25, -0.2) is 4.79 Å². The molecular formula is C21H12N2O5S. The molecule has 3 aromatic rings. The highest BCUT2D eigenvalue weighted by Crippen LogP contribution is 2.28. The minimum Gasteiger partial charge on any atom is -0.465 e. The number of nitrogens with zero attached hydrogens (tertiary/aromatic N) is 1. The number of rotatable bonds is 2. The van der Waals surface area contributed by atoms with E-state index in [2.05, 4.69) is 22.1 Å². The number of esters is 1. The van der Waals surface area contributed by atoms with Gasteiger partial charge in [-0.3, -0.25) is 19.9 Å². The highest BCUT2D eigenvalue weighted by atomic mass is 32.2. The van der Waals surface area contributed by atoms with Crippen LogP contribution < -0.4 is 5.32 Å². The van der Waals surface area contributed by atoms with Gasteiger partial charge in [-0.1, -0.05) is 24.0 Å². The van der Waals surface area contributed by atoms with Crippen LogP contribution in [-0.2, 0) is 9.53 Å². The number of benzene rings is 1. The lowest BCUT2D eigenvalue weighted by Gasteiger charge is -2.01. The Hall–Kier alpha value is -3.83. The molecule has 0 unspecified atom stereocenters. The van der Waals surface area contributed by atoms with Gasteiger partial charge in [0.2, 0.25) is 0 Å². The van der Waals surface area contributed by atoms with E-state index in [9.17, 15) is 14.4 Å². The van der Waals surface area contributed by atoms with Crippen molar-refractivity contribution in [3.63, 3.8) is 0 Å². The van der Waals surface area contributed by atoms with Crippen LogP contribution in [0.15, 0.2) is 52.0 Å². The third kappa shape index (κ3) is 3.77. The van der Waals surface area contributed by atoms with Gasteiger partial charge in [0.05, 0.1) is 23.1 Å². The molecule has 1 aromatic carbocycles. The third-order valence-electron chi connectivity index (χ3n) is 4.02. The topological polar surface area (TPSA) is 98.5 Å². The Morgan fingerprint density at radius 2 is 2.00 bits per heavy atom. The molecule has 7 nitrogen and oxygen atoms in total. The molecule has 1 N–H and O–H groups in total. The average Bonchev–Trinajstić information content (AvgIpc) is 3.28. The first-order valence-electron chi connectivity index (χ1n) is 8.37. The SMILES string of the molecule is COC(=O)c1ccccc1C#Cc1cncc2cc(/C=C3\SC(=O)NC3=O)oc12. The number of hydrogen-bond acceptors (Lipinski definition) is 7. The second-order valence-corrected chi connectivity index (χ2v) is 6.91. The maximum absolute atomic E-state index is 11.9. The maximum Gasteiger partial charge on any atom is 0.339 e. The number of thioether (sulfide) groups is 1. The molecule has 0 aliphatic carbocycles. The monoisotopic (exact) mass is 404 g/mol. The first kappa shape index (κ1) is 18.5. The zero-order chi connectivity index (χ0) is 20.4. The molecule has 3 heterocycles. The summed E-state index contributed by atoms with van der Waals surface area (Å²) in [5.41, 5.74) is 1.89. The summed E-state index contributed by atoms with van der Waals surface area (Å²) in [6, 6.07) is 8.57. The molecule has 29 heavy (non-hydrogen) atoms. The number of ether oxygens (including phenoxy) is 1. The summed E-state index contributed by atoms with van der Waals surface area (Å²) < 4.78 is 10.6. The van der Waals surface area contributed by atoms with Crippen molar-refractivity contribution in [2.75, 3.05) is 7.11 Å². The van der Waals surface area contributed by atoms with E-state index in [-0.39, 0.29) is 4.91 Å². The lowest BCUT2D eigenvalue weighted by atomic mass is 10.1. The van der Waals surface area contributed by atoms with Gasteiger partial charge in [-0.15, -0.1) is 0 Å². The average molecular weight is 404 g/mol. The van der Waals surface area contributed by atoms with Crippen molar-refractivity contribution in [2.45, 2.75) is 0 Å². The number of hydrogen-bond donors (Lipinski definition) is 1. The van der Waals surface area contributed by atoms with Gasteiger partial charge >= 0.3 is 5.97 Å². The van der Waals surface area contributed by atoms with Gasteiger partial charge in [0.15, 0.2) is 5.58 Å². The minimum atomic E-state index is -0.472. The van der Waals surface area contributed by atoms with Crippen LogP contribution in [0.2, 0.25) is 0 Å². The Kier molecular flexibility index (Phi) is 4.89. The lowest BCUT2D eigenvalue weighted by molar-refractivity contribution is -0.115. The van der Waals surface area contributed by atoms with Gasteiger partial charge in [0.25, 0.3) is 11.1 Å². The fourth-order valence-electron chi connectivity index (χ4n) is 2.71. The van der Waals surface area contributed by atoms with Crippen molar-refractivity contribution in [1.29, 1.82) is 0 Å². The van der Waals surface area contributed by atoms with E-state index in [1.165, 1.54) is 13.2 Å². The summed E-state index contributed by atoms with van der Waals surface area (Å²) in [6.07, 6.45) is 4.66. The predicted molar refractivity (Wildman–Crippen MR) is 107 cm³/mol. The summed E-state index contributed by atoms with van der Waals surface area (Å²) in [7, 11) is 1.31. The maximum atomic E-state index is 11.9. The number of aromatic nitrogens is 1. The Morgan fingerprint density at radius 1 is 1.21 bits per heavy atom. The van der Waals surface area contributed by atoms with E-state index in [0.29, 0.717) is 33.4 Å². The van der Waals surface area contributed by atoms with E-state index in [4.69, 9.17) is 9.15 Å². The number of methoxy groups -OCH3 is 1. The van der Waals surface area contributed by atoms with Crippen molar-refractivity contribution < 1.29 is 23.5 Å². The van der Waals surface area contributed by atoms with E-state index >= 15 is 0 Å². The number of imide groups is 1. The summed E-state index contributed by atoms with van der Waals surface area (Å²) in [5, 5.41) is 2.47. The van der Waals surface area contributed by atoms with E-state index < -0.39 is 17.1 Å². The molecule has 0 spiro atoms. The molecule has 2 amide bonds. The lowest BCUT2D eigenvalue weighted by Crippen LogP contribution is -2.17. The Labute approximate surface area is 169 Å². The van der Waals surface area contributed by atoms with Gasteiger partial charge in [-0.05, 0) is 30.0 Å². The summed E-state index contributed by atoms with van der Waals surface area (Å²) in [6.45, 7) is 0. The third-order valence-corrected chi connectivity index (χ3v) is 4.83. The molecule has 1 aliphatic heterocycles. The van der Waals surface area contributed by atoms with Crippen LogP contribution in [0.4, 0.5) is 4.79 Å². The number of furan rings is 1. The Morgan fingerprint density at radius 3 is 2.76 bits per heavy atom. The summed E-state index contributed by atoms with van der Waals surface area (Å²) in [5.74, 6) is 5.39. The molecule has 2 aromatic heterocycles. The second kappa shape index (κ2) is 7.66. The van der Waals surface area contributed by atoms with Crippen LogP contribution in [-0.4, -0.2) is 29.2 Å². The van der Waals surface area contributed by atoms with Crippen LogP contribution in [0, 0.1) is 11.8 Å². The van der Waals surface area contributed by atoms with Crippen molar-refractivity contribution >= 4 is 45.9 Å². The van der Waals surface area contributed by atoms with Gasteiger partial charge < -0.3 is 9.15 Å². The first-order valence-corrected chi connectivity index (χ1v) is 9.18. The first-order chi connectivity index (χ1) is 14.0. The van der Waals surface area contributed by atoms with Crippen LogP contribution in [0.3, 0.4) is 0 Å². The largest absolute Gasteiger partial charge is 0.465 e. The molecule has 0 bridgehead atoms. The molecule has 0 atom stereocenters. The van der Waals surface area contributed by atoms with Crippen LogP contribution >= 0.6 is 11.8 Å². The van der Waals surface area contributed by atoms with Crippen LogP contribution in [0.5, 0.6) is 0 Å². The fourth-order valence-corrected chi connectivity index (χ4v) is 3.37. The molecule has 1 saturated heterocycles. The van der Waals surface area contributed by atoms with Gasteiger partial charge in [0, 0.05) is 29.4 Å². The standard InChI is InChI=1S/C21H12N2O5S/c1-27-20(25)16-5-3-2-4-12(16)6-7-13-10-22-11-14-8-15(28-18(13)14)9-17-19(24)23-21(26)29-17/h2-5,8-11H,1H3,(H,23,24,26)/b17-9-. The van der Waals surface area contributed by atoms with Crippen molar-refractivity contribution in [3.05, 3.63) is 70.1 Å². The van der Waals surface area contributed by atoms with Crippen LogP contribution in [0.1, 0.15) is 27.2 Å². The molecule has 1 aliphatic rings. The van der Waals surface area contributed by atoms with E-state index in [1.807, 2.05) is 0 Å². The molecule has 142 valence electrons. The molecule has 1 fully saturated rings. The highest BCUT2D eigenvalue weighted by Gasteiger charge is 2.25. The summed E-state index contributed by atoms with van der Waals surface area (Å²) in [4.78, 5) is 39.3. The van der Waals surface area contributed by atoms with Gasteiger partial charge in [-0.2, -0.15) is 0 Å². The minimum absolute atomic E-state index is 0.252. The Balaban J connectivity index is 1.73. The quantitative estimate of drug-likeness (QED) is 0.397. The van der Waals surface area contributed by atoms with Crippen molar-refractivity contribution in [3.8, 4) is 11.8 Å². The molecule has 8 heteroatoms. The fraction of sp³-hybridized carbons (Fsp3) is 0.0476. The molecule has 0 saturated carbocycles. The number of carbonyl (C=O) groups excluding carboxylic acids is 3. The summed E-state index contributed by atoms with van der Waals surface area (Å²) >= 11 is 0.811. The number of amides is 2. The van der Waals surface area contributed by atoms with E-state index in [0.717, 1.165) is 11.8 Å².